The molecule has 0 N–H and O–H groups in total. The Kier molecular flexibility index (Phi) is 5.36. The largest absolute Gasteiger partial charge is 0.420 e. The van der Waals surface area contributed by atoms with Gasteiger partial charge in [0.1, 0.15) is 17.0 Å². The third-order valence-electron chi connectivity index (χ3n) is 5.13. The van der Waals surface area contributed by atoms with Crippen molar-refractivity contribution in [2.75, 3.05) is 0 Å². The van der Waals surface area contributed by atoms with Gasteiger partial charge in [0.05, 0.1) is 11.4 Å². The minimum Gasteiger partial charge on any atom is -0.420 e. The van der Waals surface area contributed by atoms with Gasteiger partial charge in [-0.05, 0) is 32.4 Å². The molecular weight excluding hydrogens is 422 g/mol. The summed E-state index contributed by atoms with van der Waals surface area (Å²) in [6, 6.07) is 16.2. The van der Waals surface area contributed by atoms with Gasteiger partial charge in [-0.1, -0.05) is 64.9 Å². The van der Waals surface area contributed by atoms with Crippen LogP contribution in [-0.2, 0) is 5.75 Å². The van der Waals surface area contributed by atoms with Gasteiger partial charge in [0.15, 0.2) is 5.16 Å². The van der Waals surface area contributed by atoms with E-state index in [-0.39, 0.29) is 0 Å². The van der Waals surface area contributed by atoms with Gasteiger partial charge in [0.25, 0.3) is 5.89 Å². The van der Waals surface area contributed by atoms with E-state index in [1.807, 2.05) is 43.5 Å². The molecule has 0 amide bonds. The van der Waals surface area contributed by atoms with Crippen LogP contribution in [0.2, 0.25) is 0 Å². The molecule has 5 aromatic rings. The van der Waals surface area contributed by atoms with E-state index in [0.29, 0.717) is 29.0 Å². The van der Waals surface area contributed by atoms with Crippen molar-refractivity contribution in [2.24, 2.45) is 0 Å². The predicted octanol–water partition coefficient (Wildman–Crippen LogP) is 5.79. The van der Waals surface area contributed by atoms with Crippen LogP contribution in [0.15, 0.2) is 75.0 Å². The zero-order valence-electron chi connectivity index (χ0n) is 17.9. The second-order valence-corrected chi connectivity index (χ2v) is 8.43. The first-order chi connectivity index (χ1) is 15.6. The fraction of sp³-hybridized carbons (Fsp3) is 0.167. The van der Waals surface area contributed by atoms with E-state index in [0.717, 1.165) is 22.0 Å². The molecular formula is C24H21N5O2S. The van der Waals surface area contributed by atoms with Crippen LogP contribution in [0.25, 0.3) is 28.4 Å². The number of aromatic nitrogens is 5. The van der Waals surface area contributed by atoms with Gasteiger partial charge in [-0.15, -0.1) is 10.2 Å². The van der Waals surface area contributed by atoms with Gasteiger partial charge in [-0.3, -0.25) is 4.57 Å². The smallest absolute Gasteiger partial charge is 0.253 e. The average Bonchev–Trinajstić information content (AvgIpc) is 3.52. The van der Waals surface area contributed by atoms with Crippen molar-refractivity contribution in [3.05, 3.63) is 83.7 Å². The molecule has 0 atom stereocenters. The number of hydrogen-bond acceptors (Lipinski definition) is 7. The minimum absolute atomic E-state index is 0.399. The molecule has 0 aliphatic carbocycles. The molecule has 32 heavy (non-hydrogen) atoms. The topological polar surface area (TPSA) is 82.8 Å². The second kappa shape index (κ2) is 8.47. The Morgan fingerprint density at radius 3 is 2.66 bits per heavy atom. The van der Waals surface area contributed by atoms with Gasteiger partial charge in [0.2, 0.25) is 5.89 Å². The first-order valence-electron chi connectivity index (χ1n) is 10.2. The van der Waals surface area contributed by atoms with Gasteiger partial charge in [-0.2, -0.15) is 0 Å². The van der Waals surface area contributed by atoms with Gasteiger partial charge >= 0.3 is 0 Å². The van der Waals surface area contributed by atoms with Crippen LogP contribution >= 0.6 is 11.8 Å². The third kappa shape index (κ3) is 3.85. The lowest BCUT2D eigenvalue weighted by molar-refractivity contribution is 0.399. The van der Waals surface area contributed by atoms with Crippen molar-refractivity contribution in [3.8, 4) is 28.4 Å². The summed E-state index contributed by atoms with van der Waals surface area (Å²) in [5.41, 5.74) is 5.88. The van der Waals surface area contributed by atoms with Crippen LogP contribution in [0.1, 0.15) is 22.8 Å². The van der Waals surface area contributed by atoms with E-state index in [1.54, 1.807) is 18.0 Å². The molecule has 0 saturated carbocycles. The third-order valence-corrected chi connectivity index (χ3v) is 6.09. The summed E-state index contributed by atoms with van der Waals surface area (Å²) in [7, 11) is 0. The SMILES string of the molecule is Cc1ccc(-n2ccnc2SCc2nnc(-c3c(-c4ccccc4)noc3C)o2)c(C)c1. The van der Waals surface area contributed by atoms with Crippen LogP contribution in [0.3, 0.4) is 0 Å². The minimum atomic E-state index is 0.399. The van der Waals surface area contributed by atoms with Crippen LogP contribution in [-0.4, -0.2) is 24.9 Å². The average molecular weight is 444 g/mol. The Labute approximate surface area is 189 Å². The molecule has 0 unspecified atom stereocenters. The Balaban J connectivity index is 1.38. The molecule has 3 aromatic heterocycles. The molecule has 0 radical (unpaired) electrons. The van der Waals surface area contributed by atoms with E-state index >= 15 is 0 Å². The standard InChI is InChI=1S/C24H21N5O2S/c1-15-9-10-19(16(2)13-15)29-12-11-25-24(29)32-14-20-26-27-23(30-20)21-17(3)31-28-22(21)18-7-5-4-6-8-18/h4-13H,14H2,1-3H3. The molecule has 0 spiro atoms. The quantitative estimate of drug-likeness (QED) is 0.307. The normalized spacial score (nSPS) is 11.2. The Morgan fingerprint density at radius 1 is 1.00 bits per heavy atom. The number of hydrogen-bond donors (Lipinski definition) is 0. The summed E-state index contributed by atoms with van der Waals surface area (Å²) in [6.45, 7) is 6.04. The van der Waals surface area contributed by atoms with Crippen LogP contribution in [0.4, 0.5) is 0 Å². The van der Waals surface area contributed by atoms with Crippen molar-refractivity contribution < 1.29 is 8.94 Å². The summed E-state index contributed by atoms with van der Waals surface area (Å²) >= 11 is 1.55. The lowest BCUT2D eigenvalue weighted by atomic mass is 10.1. The Morgan fingerprint density at radius 2 is 1.84 bits per heavy atom. The van der Waals surface area contributed by atoms with Gasteiger partial charge in [0, 0.05) is 18.0 Å². The molecule has 160 valence electrons. The summed E-state index contributed by atoms with van der Waals surface area (Å²) in [5, 5.41) is 13.5. The highest BCUT2D eigenvalue weighted by Gasteiger charge is 2.22. The summed E-state index contributed by atoms with van der Waals surface area (Å²) in [4.78, 5) is 4.51. The molecule has 0 aliphatic rings. The van der Waals surface area contributed by atoms with Gasteiger partial charge < -0.3 is 8.94 Å². The van der Waals surface area contributed by atoms with E-state index in [9.17, 15) is 0 Å². The van der Waals surface area contributed by atoms with E-state index in [1.165, 1.54) is 11.1 Å². The molecule has 0 bridgehead atoms. The number of nitrogens with zero attached hydrogens (tertiary/aromatic N) is 5. The molecule has 0 fully saturated rings. The van der Waals surface area contributed by atoms with Crippen molar-refractivity contribution in [1.29, 1.82) is 0 Å². The summed E-state index contributed by atoms with van der Waals surface area (Å²) in [6.07, 6.45) is 3.76. The number of rotatable bonds is 6. The first kappa shape index (κ1) is 20.3. The highest BCUT2D eigenvalue weighted by atomic mass is 32.2. The maximum Gasteiger partial charge on any atom is 0.253 e. The Bertz CT molecular complexity index is 1370. The van der Waals surface area contributed by atoms with Gasteiger partial charge in [-0.25, -0.2) is 4.98 Å². The molecule has 8 heteroatoms. The number of aryl methyl sites for hydroxylation is 3. The molecule has 0 aliphatic heterocycles. The highest BCUT2D eigenvalue weighted by Crippen LogP contribution is 2.34. The fourth-order valence-electron chi connectivity index (χ4n) is 3.61. The highest BCUT2D eigenvalue weighted by molar-refractivity contribution is 7.98. The van der Waals surface area contributed by atoms with E-state index in [2.05, 4.69) is 57.0 Å². The zero-order valence-corrected chi connectivity index (χ0v) is 18.8. The first-order valence-corrected chi connectivity index (χ1v) is 11.2. The number of imidazole rings is 1. The molecule has 7 nitrogen and oxygen atoms in total. The van der Waals surface area contributed by atoms with Crippen molar-refractivity contribution >= 4 is 11.8 Å². The molecule has 0 saturated heterocycles. The number of thioether (sulfide) groups is 1. The molecule has 5 rings (SSSR count). The predicted molar refractivity (Wildman–Crippen MR) is 123 cm³/mol. The van der Waals surface area contributed by atoms with Crippen LogP contribution in [0, 0.1) is 20.8 Å². The monoisotopic (exact) mass is 443 g/mol. The maximum atomic E-state index is 5.97. The maximum absolute atomic E-state index is 5.97. The molecule has 3 heterocycles. The lowest BCUT2D eigenvalue weighted by Crippen LogP contribution is -1.98. The van der Waals surface area contributed by atoms with E-state index in [4.69, 9.17) is 8.94 Å². The van der Waals surface area contributed by atoms with Crippen LogP contribution in [0.5, 0.6) is 0 Å². The van der Waals surface area contributed by atoms with E-state index < -0.39 is 0 Å². The van der Waals surface area contributed by atoms with Crippen molar-refractivity contribution in [2.45, 2.75) is 31.7 Å². The van der Waals surface area contributed by atoms with Crippen molar-refractivity contribution in [1.82, 2.24) is 24.9 Å². The van der Waals surface area contributed by atoms with Crippen molar-refractivity contribution in [3.63, 3.8) is 0 Å². The fourth-order valence-corrected chi connectivity index (χ4v) is 4.41. The molecule has 2 aromatic carbocycles. The second-order valence-electron chi connectivity index (χ2n) is 7.49. The van der Waals surface area contributed by atoms with Crippen LogP contribution < -0.4 is 0 Å². The Hall–Kier alpha value is -3.65. The lowest BCUT2D eigenvalue weighted by Gasteiger charge is -2.10. The summed E-state index contributed by atoms with van der Waals surface area (Å²) < 4.78 is 13.5. The number of benzene rings is 2. The zero-order chi connectivity index (χ0) is 22.1. The summed E-state index contributed by atoms with van der Waals surface area (Å²) in [5.74, 6) is 2.05.